The van der Waals surface area contributed by atoms with E-state index in [0.717, 1.165) is 0 Å². The molecule has 0 bridgehead atoms. The maximum atomic E-state index is 13.3. The van der Waals surface area contributed by atoms with Gasteiger partial charge in [-0.1, -0.05) is 0 Å². The number of nitrogens with zero attached hydrogens (tertiary/aromatic N) is 1. The molecule has 0 aliphatic heterocycles. The highest BCUT2D eigenvalue weighted by Gasteiger charge is 2.27. The van der Waals surface area contributed by atoms with E-state index in [1.54, 1.807) is 0 Å². The Morgan fingerprint density at radius 2 is 2.12 bits per heavy atom. The number of pyridine rings is 1. The number of carboxylic acids is 1. The molecule has 1 N–H and O–H groups in total. The smallest absolute Gasteiger partial charge is 0.306 e. The molecule has 0 saturated heterocycles. The van der Waals surface area contributed by atoms with Crippen LogP contribution < -0.4 is 4.74 Å². The number of hydrogen-bond donors (Lipinski definition) is 1. The molecule has 0 radical (unpaired) electrons. The second-order valence-corrected chi connectivity index (χ2v) is 4.22. The van der Waals surface area contributed by atoms with Crippen LogP contribution in [0.25, 0.3) is 0 Å². The van der Waals surface area contributed by atoms with Gasteiger partial charge in [0.25, 0.3) is 5.88 Å². The van der Waals surface area contributed by atoms with E-state index in [2.05, 4.69) is 4.98 Å². The third-order valence-corrected chi connectivity index (χ3v) is 3.03. The predicted molar refractivity (Wildman–Crippen MR) is 58.2 cm³/mol. The van der Waals surface area contributed by atoms with Gasteiger partial charge >= 0.3 is 5.97 Å². The van der Waals surface area contributed by atoms with E-state index in [-0.39, 0.29) is 17.9 Å². The van der Waals surface area contributed by atoms with Gasteiger partial charge in [0, 0.05) is 6.20 Å². The summed E-state index contributed by atoms with van der Waals surface area (Å²) in [7, 11) is 0. The molecule has 1 aromatic heterocycles. The zero-order chi connectivity index (χ0) is 12.3. The first-order valence-electron chi connectivity index (χ1n) is 5.67. The second kappa shape index (κ2) is 5.12. The number of ether oxygens (including phenoxy) is 1. The topological polar surface area (TPSA) is 59.4 Å². The molecule has 1 fully saturated rings. The summed E-state index contributed by atoms with van der Waals surface area (Å²) in [6.45, 7) is 0. The Hall–Kier alpha value is -1.65. The first kappa shape index (κ1) is 11.8. The van der Waals surface area contributed by atoms with Crippen molar-refractivity contribution in [1.82, 2.24) is 4.98 Å². The monoisotopic (exact) mass is 239 g/mol. The second-order valence-electron chi connectivity index (χ2n) is 4.22. The number of carbonyl (C=O) groups is 1. The van der Waals surface area contributed by atoms with Crippen molar-refractivity contribution in [3.63, 3.8) is 0 Å². The molecule has 1 aromatic rings. The molecule has 4 nitrogen and oxygen atoms in total. The Morgan fingerprint density at radius 3 is 2.71 bits per heavy atom. The summed E-state index contributed by atoms with van der Waals surface area (Å²) in [5.74, 6) is -1.52. The van der Waals surface area contributed by atoms with Crippen molar-refractivity contribution in [3.05, 3.63) is 24.1 Å². The van der Waals surface area contributed by atoms with Gasteiger partial charge in [0.1, 0.15) is 6.10 Å². The molecule has 92 valence electrons. The zero-order valence-electron chi connectivity index (χ0n) is 9.30. The summed E-state index contributed by atoms with van der Waals surface area (Å²) in [6.07, 6.45) is 3.76. The van der Waals surface area contributed by atoms with Crippen molar-refractivity contribution >= 4 is 5.97 Å². The van der Waals surface area contributed by atoms with Crippen LogP contribution in [-0.2, 0) is 4.79 Å². The summed E-state index contributed by atoms with van der Waals surface area (Å²) < 4.78 is 18.7. The lowest BCUT2D eigenvalue weighted by molar-refractivity contribution is -0.143. The van der Waals surface area contributed by atoms with Gasteiger partial charge in [-0.25, -0.2) is 9.37 Å². The number of rotatable bonds is 3. The van der Waals surface area contributed by atoms with Gasteiger partial charge < -0.3 is 9.84 Å². The van der Waals surface area contributed by atoms with Crippen molar-refractivity contribution in [1.29, 1.82) is 0 Å². The molecular weight excluding hydrogens is 225 g/mol. The SMILES string of the molecule is O=C(O)C1CCC(Oc2ncccc2F)CC1. The molecule has 0 aromatic carbocycles. The summed E-state index contributed by atoms with van der Waals surface area (Å²) in [5.41, 5.74) is 0. The van der Waals surface area contributed by atoms with Crippen LogP contribution in [0, 0.1) is 11.7 Å². The molecule has 0 spiro atoms. The Bertz CT molecular complexity index is 402. The summed E-state index contributed by atoms with van der Waals surface area (Å²) in [4.78, 5) is 14.6. The fraction of sp³-hybridized carbons (Fsp3) is 0.500. The third-order valence-electron chi connectivity index (χ3n) is 3.03. The van der Waals surface area contributed by atoms with E-state index in [1.807, 2.05) is 0 Å². The lowest BCUT2D eigenvalue weighted by Gasteiger charge is -2.26. The van der Waals surface area contributed by atoms with E-state index in [9.17, 15) is 9.18 Å². The Balaban J connectivity index is 1.90. The quantitative estimate of drug-likeness (QED) is 0.878. The van der Waals surface area contributed by atoms with Gasteiger partial charge in [-0.15, -0.1) is 0 Å². The highest BCUT2D eigenvalue weighted by Crippen LogP contribution is 2.27. The largest absolute Gasteiger partial charge is 0.481 e. The van der Waals surface area contributed by atoms with Crippen LogP contribution in [0.3, 0.4) is 0 Å². The van der Waals surface area contributed by atoms with E-state index in [4.69, 9.17) is 9.84 Å². The van der Waals surface area contributed by atoms with Crippen molar-refractivity contribution < 1.29 is 19.0 Å². The van der Waals surface area contributed by atoms with Crippen LogP contribution in [0.4, 0.5) is 4.39 Å². The van der Waals surface area contributed by atoms with Crippen molar-refractivity contribution in [2.45, 2.75) is 31.8 Å². The van der Waals surface area contributed by atoms with Gasteiger partial charge in [0.15, 0.2) is 5.82 Å². The molecule has 1 aliphatic rings. The molecule has 1 heterocycles. The molecule has 0 amide bonds. The van der Waals surface area contributed by atoms with E-state index in [0.29, 0.717) is 25.7 Å². The van der Waals surface area contributed by atoms with Crippen LogP contribution in [-0.4, -0.2) is 22.2 Å². The van der Waals surface area contributed by atoms with Gasteiger partial charge in [-0.05, 0) is 37.8 Å². The minimum atomic E-state index is -0.757. The maximum Gasteiger partial charge on any atom is 0.306 e. The molecule has 1 aliphatic carbocycles. The predicted octanol–water partition coefficient (Wildman–Crippen LogP) is 2.24. The van der Waals surface area contributed by atoms with Crippen LogP contribution in [0.2, 0.25) is 0 Å². The van der Waals surface area contributed by atoms with Crippen LogP contribution in [0.5, 0.6) is 5.88 Å². The number of halogens is 1. The van der Waals surface area contributed by atoms with Crippen LogP contribution >= 0.6 is 0 Å². The van der Waals surface area contributed by atoms with Gasteiger partial charge in [0.05, 0.1) is 5.92 Å². The summed E-state index contributed by atoms with van der Waals surface area (Å²) in [6, 6.07) is 2.80. The van der Waals surface area contributed by atoms with Crippen molar-refractivity contribution in [2.75, 3.05) is 0 Å². The van der Waals surface area contributed by atoms with Crippen LogP contribution in [0.1, 0.15) is 25.7 Å². The lowest BCUT2D eigenvalue weighted by Crippen LogP contribution is -2.28. The molecule has 17 heavy (non-hydrogen) atoms. The van der Waals surface area contributed by atoms with Crippen molar-refractivity contribution in [2.24, 2.45) is 5.92 Å². The minimum absolute atomic E-state index is 0.00581. The maximum absolute atomic E-state index is 13.3. The Morgan fingerprint density at radius 1 is 1.41 bits per heavy atom. The number of hydrogen-bond acceptors (Lipinski definition) is 3. The van der Waals surface area contributed by atoms with E-state index >= 15 is 0 Å². The molecule has 0 unspecified atom stereocenters. The summed E-state index contributed by atoms with van der Waals surface area (Å²) in [5, 5.41) is 8.85. The fourth-order valence-electron chi connectivity index (χ4n) is 2.04. The molecule has 5 heteroatoms. The fourth-order valence-corrected chi connectivity index (χ4v) is 2.04. The van der Waals surface area contributed by atoms with E-state index in [1.165, 1.54) is 18.3 Å². The molecule has 2 rings (SSSR count). The summed E-state index contributed by atoms with van der Waals surface area (Å²) >= 11 is 0. The normalized spacial score (nSPS) is 24.3. The highest BCUT2D eigenvalue weighted by atomic mass is 19.1. The average Bonchev–Trinajstić information content (AvgIpc) is 2.33. The number of aromatic nitrogens is 1. The van der Waals surface area contributed by atoms with Gasteiger partial charge in [-0.3, -0.25) is 4.79 Å². The average molecular weight is 239 g/mol. The third kappa shape index (κ3) is 2.93. The molecular formula is C12H14FNO3. The lowest BCUT2D eigenvalue weighted by atomic mass is 9.87. The molecule has 1 saturated carbocycles. The van der Waals surface area contributed by atoms with Gasteiger partial charge in [0.2, 0.25) is 0 Å². The first-order chi connectivity index (χ1) is 8.16. The molecule has 0 atom stereocenters. The highest BCUT2D eigenvalue weighted by molar-refractivity contribution is 5.70. The minimum Gasteiger partial charge on any atom is -0.481 e. The van der Waals surface area contributed by atoms with Gasteiger partial charge in [-0.2, -0.15) is 0 Å². The number of carboxylic acid groups (broad SMARTS) is 1. The zero-order valence-corrected chi connectivity index (χ0v) is 9.30. The number of aliphatic carboxylic acids is 1. The van der Waals surface area contributed by atoms with Crippen molar-refractivity contribution in [3.8, 4) is 5.88 Å². The van der Waals surface area contributed by atoms with E-state index < -0.39 is 11.8 Å². The Labute approximate surface area is 98.4 Å². The standard InChI is InChI=1S/C12H14FNO3/c13-10-2-1-7-14-11(10)17-9-5-3-8(4-6-9)12(15)16/h1-2,7-9H,3-6H2,(H,15,16). The first-order valence-corrected chi connectivity index (χ1v) is 5.67. The van der Waals surface area contributed by atoms with Crippen LogP contribution in [0.15, 0.2) is 18.3 Å². The Kier molecular flexibility index (Phi) is 3.56.